The smallest absolute Gasteiger partial charge is 0.346 e. The van der Waals surface area contributed by atoms with Crippen LogP contribution >= 0.6 is 11.8 Å². The number of allylic oxidation sites excluding steroid dienone is 1. The standard InChI is InChI=1S/C15H15NO3S/c1-19-15(18)14-12(9-10-20-14)16-13(17)8-7-11-5-3-2-4-6-11/h2-8H,9-10H2,1H3,(H,16,17)/b8-7+. The minimum atomic E-state index is -0.394. The van der Waals surface area contributed by atoms with Gasteiger partial charge >= 0.3 is 5.97 Å². The topological polar surface area (TPSA) is 55.4 Å². The Balaban J connectivity index is 2.01. The Hall–Kier alpha value is -2.01. The molecule has 1 heterocycles. The van der Waals surface area contributed by atoms with Gasteiger partial charge in [0.15, 0.2) is 0 Å². The van der Waals surface area contributed by atoms with E-state index in [0.717, 1.165) is 11.3 Å². The number of carbonyl (C=O) groups excluding carboxylic acids is 2. The molecular weight excluding hydrogens is 274 g/mol. The number of esters is 1. The fraction of sp³-hybridized carbons (Fsp3) is 0.200. The highest BCUT2D eigenvalue weighted by Gasteiger charge is 2.23. The van der Waals surface area contributed by atoms with E-state index < -0.39 is 5.97 Å². The minimum Gasteiger partial charge on any atom is -0.465 e. The number of thioether (sulfide) groups is 1. The molecule has 2 rings (SSSR count). The lowest BCUT2D eigenvalue weighted by molar-refractivity contribution is -0.135. The SMILES string of the molecule is COC(=O)C1=C(NC(=O)/C=C/c2ccccc2)CCS1. The lowest BCUT2D eigenvalue weighted by Crippen LogP contribution is -2.21. The van der Waals surface area contributed by atoms with Gasteiger partial charge in [-0.25, -0.2) is 4.79 Å². The monoisotopic (exact) mass is 289 g/mol. The Bertz CT molecular complexity index is 564. The number of benzene rings is 1. The molecule has 0 spiro atoms. The van der Waals surface area contributed by atoms with Gasteiger partial charge in [-0.05, 0) is 18.1 Å². The summed E-state index contributed by atoms with van der Waals surface area (Å²) in [6, 6.07) is 9.55. The molecule has 0 saturated heterocycles. The molecule has 5 heteroatoms. The van der Waals surface area contributed by atoms with Gasteiger partial charge in [0.2, 0.25) is 5.91 Å². The van der Waals surface area contributed by atoms with Crippen molar-refractivity contribution in [1.82, 2.24) is 5.32 Å². The molecule has 1 aromatic carbocycles. The van der Waals surface area contributed by atoms with E-state index in [4.69, 9.17) is 0 Å². The first-order valence-corrected chi connectivity index (χ1v) is 7.17. The Morgan fingerprint density at radius 2 is 2.05 bits per heavy atom. The molecular formula is C15H15NO3S. The van der Waals surface area contributed by atoms with Gasteiger partial charge in [0, 0.05) is 17.5 Å². The van der Waals surface area contributed by atoms with Gasteiger partial charge in [-0.3, -0.25) is 4.79 Å². The van der Waals surface area contributed by atoms with Crippen molar-refractivity contribution >= 4 is 29.7 Å². The van der Waals surface area contributed by atoms with Crippen LogP contribution in [0.25, 0.3) is 6.08 Å². The largest absolute Gasteiger partial charge is 0.465 e. The van der Waals surface area contributed by atoms with Crippen LogP contribution in [0.5, 0.6) is 0 Å². The number of rotatable bonds is 4. The first-order chi connectivity index (χ1) is 9.70. The quantitative estimate of drug-likeness (QED) is 0.683. The fourth-order valence-electron chi connectivity index (χ4n) is 1.78. The van der Waals surface area contributed by atoms with Crippen molar-refractivity contribution in [3.05, 3.63) is 52.6 Å². The molecule has 4 nitrogen and oxygen atoms in total. The normalized spacial score (nSPS) is 14.7. The van der Waals surface area contributed by atoms with Crippen LogP contribution in [0.4, 0.5) is 0 Å². The average molecular weight is 289 g/mol. The highest BCUT2D eigenvalue weighted by Crippen LogP contribution is 2.30. The van der Waals surface area contributed by atoms with E-state index in [1.807, 2.05) is 30.3 Å². The molecule has 1 N–H and O–H groups in total. The maximum atomic E-state index is 11.8. The van der Waals surface area contributed by atoms with Crippen molar-refractivity contribution in [2.75, 3.05) is 12.9 Å². The number of nitrogens with one attached hydrogen (secondary N) is 1. The van der Waals surface area contributed by atoms with Crippen molar-refractivity contribution in [3.8, 4) is 0 Å². The van der Waals surface area contributed by atoms with E-state index in [9.17, 15) is 9.59 Å². The Morgan fingerprint density at radius 1 is 1.30 bits per heavy atom. The van der Waals surface area contributed by atoms with Crippen LogP contribution in [0.15, 0.2) is 47.0 Å². The van der Waals surface area contributed by atoms with Crippen LogP contribution in [0.3, 0.4) is 0 Å². The highest BCUT2D eigenvalue weighted by molar-refractivity contribution is 8.04. The van der Waals surface area contributed by atoms with Crippen molar-refractivity contribution in [1.29, 1.82) is 0 Å². The summed E-state index contributed by atoms with van der Waals surface area (Å²) in [7, 11) is 1.34. The third-order valence-corrected chi connectivity index (χ3v) is 3.85. The Kier molecular flexibility index (Phi) is 5.01. The van der Waals surface area contributed by atoms with E-state index in [0.29, 0.717) is 17.0 Å². The second kappa shape index (κ2) is 6.96. The average Bonchev–Trinajstić information content (AvgIpc) is 2.93. The molecule has 0 aliphatic carbocycles. The van der Waals surface area contributed by atoms with Gasteiger partial charge in [-0.1, -0.05) is 30.3 Å². The van der Waals surface area contributed by atoms with E-state index >= 15 is 0 Å². The zero-order chi connectivity index (χ0) is 14.4. The molecule has 104 valence electrons. The predicted octanol–water partition coefficient (Wildman–Crippen LogP) is 2.34. The predicted molar refractivity (Wildman–Crippen MR) is 79.7 cm³/mol. The third kappa shape index (κ3) is 3.74. The van der Waals surface area contributed by atoms with Gasteiger partial charge in [0.25, 0.3) is 0 Å². The summed E-state index contributed by atoms with van der Waals surface area (Å²) in [5.41, 5.74) is 1.59. The lowest BCUT2D eigenvalue weighted by Gasteiger charge is -2.05. The van der Waals surface area contributed by atoms with Gasteiger partial charge in [-0.15, -0.1) is 11.8 Å². The molecule has 20 heavy (non-hydrogen) atoms. The van der Waals surface area contributed by atoms with Gasteiger partial charge < -0.3 is 10.1 Å². The van der Waals surface area contributed by atoms with Crippen LogP contribution in [0.1, 0.15) is 12.0 Å². The van der Waals surface area contributed by atoms with Gasteiger partial charge in [0.05, 0.1) is 7.11 Å². The summed E-state index contributed by atoms with van der Waals surface area (Å²) in [5.74, 6) is 0.144. The lowest BCUT2D eigenvalue weighted by atomic mass is 10.2. The molecule has 0 atom stereocenters. The van der Waals surface area contributed by atoms with Crippen molar-refractivity contribution < 1.29 is 14.3 Å². The second-order valence-corrected chi connectivity index (χ2v) is 5.24. The maximum absolute atomic E-state index is 11.8. The van der Waals surface area contributed by atoms with E-state index in [1.165, 1.54) is 24.9 Å². The first kappa shape index (κ1) is 14.4. The van der Waals surface area contributed by atoms with Gasteiger partial charge in [0.1, 0.15) is 4.91 Å². The molecule has 0 saturated carbocycles. The van der Waals surface area contributed by atoms with Crippen molar-refractivity contribution in [3.63, 3.8) is 0 Å². The van der Waals surface area contributed by atoms with Crippen LogP contribution in [-0.4, -0.2) is 24.7 Å². The molecule has 0 fully saturated rings. The van der Waals surface area contributed by atoms with E-state index in [2.05, 4.69) is 10.1 Å². The second-order valence-electron chi connectivity index (χ2n) is 4.13. The Morgan fingerprint density at radius 3 is 2.75 bits per heavy atom. The summed E-state index contributed by atoms with van der Waals surface area (Å²) in [4.78, 5) is 23.8. The van der Waals surface area contributed by atoms with Crippen molar-refractivity contribution in [2.45, 2.75) is 6.42 Å². The summed E-state index contributed by atoms with van der Waals surface area (Å²) >= 11 is 1.41. The number of carbonyl (C=O) groups is 2. The van der Waals surface area contributed by atoms with Crippen LogP contribution in [-0.2, 0) is 14.3 Å². The maximum Gasteiger partial charge on any atom is 0.346 e. The molecule has 0 unspecified atom stereocenters. The zero-order valence-corrected chi connectivity index (χ0v) is 11.9. The van der Waals surface area contributed by atoms with Gasteiger partial charge in [-0.2, -0.15) is 0 Å². The summed E-state index contributed by atoms with van der Waals surface area (Å²) < 4.78 is 4.69. The fourth-order valence-corrected chi connectivity index (χ4v) is 2.82. The molecule has 0 radical (unpaired) electrons. The number of hydrogen-bond donors (Lipinski definition) is 1. The number of amides is 1. The number of methoxy groups -OCH3 is 1. The van der Waals surface area contributed by atoms with Crippen LogP contribution < -0.4 is 5.32 Å². The first-order valence-electron chi connectivity index (χ1n) is 6.19. The van der Waals surface area contributed by atoms with Crippen LogP contribution in [0, 0.1) is 0 Å². The Labute approximate surface area is 121 Å². The van der Waals surface area contributed by atoms with E-state index in [-0.39, 0.29) is 5.91 Å². The minimum absolute atomic E-state index is 0.243. The van der Waals surface area contributed by atoms with Crippen LogP contribution in [0.2, 0.25) is 0 Å². The third-order valence-electron chi connectivity index (χ3n) is 2.74. The molecule has 1 aliphatic heterocycles. The molecule has 0 bridgehead atoms. The zero-order valence-electron chi connectivity index (χ0n) is 11.1. The molecule has 1 aromatic rings. The number of ether oxygens (including phenoxy) is 1. The van der Waals surface area contributed by atoms with Crippen molar-refractivity contribution in [2.24, 2.45) is 0 Å². The highest BCUT2D eigenvalue weighted by atomic mass is 32.2. The summed E-state index contributed by atoms with van der Waals surface area (Å²) in [5, 5.41) is 2.75. The molecule has 0 aromatic heterocycles. The van der Waals surface area contributed by atoms with E-state index in [1.54, 1.807) is 6.08 Å². The molecule has 1 amide bonds. The summed E-state index contributed by atoms with van der Waals surface area (Å²) in [6.45, 7) is 0. The number of hydrogen-bond acceptors (Lipinski definition) is 4. The molecule has 1 aliphatic rings. The summed E-state index contributed by atoms with van der Waals surface area (Å²) in [6.07, 6.45) is 3.86.